The van der Waals surface area contributed by atoms with E-state index in [1.54, 1.807) is 11.0 Å². The second-order valence-electron chi connectivity index (χ2n) is 17.0. The monoisotopic (exact) mass is 737 g/mol. The molecule has 8 rings (SSSR count). The van der Waals surface area contributed by atoms with Crippen LogP contribution in [-0.2, 0) is 28.6 Å². The van der Waals surface area contributed by atoms with Gasteiger partial charge >= 0.3 is 12.3 Å². The van der Waals surface area contributed by atoms with Gasteiger partial charge in [0.05, 0.1) is 31.3 Å². The van der Waals surface area contributed by atoms with Gasteiger partial charge in [0.2, 0.25) is 17.7 Å². The van der Waals surface area contributed by atoms with Crippen LogP contribution in [0.25, 0.3) is 0 Å². The second kappa shape index (κ2) is 14.1. The van der Waals surface area contributed by atoms with Gasteiger partial charge in [-0.3, -0.25) is 14.4 Å². The zero-order valence-corrected chi connectivity index (χ0v) is 30.3. The summed E-state index contributed by atoms with van der Waals surface area (Å²) in [6, 6.07) is -0.962. The number of piperidine rings is 2. The van der Waals surface area contributed by atoms with Crippen molar-refractivity contribution in [2.24, 2.45) is 27.6 Å². The number of rotatable bonds is 10. The molecule has 3 atom stereocenters. The van der Waals surface area contributed by atoms with E-state index in [9.17, 15) is 32.3 Å². The summed E-state index contributed by atoms with van der Waals surface area (Å²) in [5.74, 6) is -2.08. The average molecular weight is 738 g/mol. The zero-order valence-electron chi connectivity index (χ0n) is 30.3. The van der Waals surface area contributed by atoms with E-state index in [-0.39, 0.29) is 61.3 Å². The van der Waals surface area contributed by atoms with Crippen LogP contribution in [0.2, 0.25) is 0 Å². The van der Waals surface area contributed by atoms with E-state index in [2.05, 4.69) is 17.2 Å². The Bertz CT molecular complexity index is 1380. The van der Waals surface area contributed by atoms with Crippen molar-refractivity contribution in [3.05, 3.63) is 12.7 Å². The van der Waals surface area contributed by atoms with E-state index in [0.29, 0.717) is 58.6 Å². The highest BCUT2D eigenvalue weighted by atomic mass is 19.4. The minimum Gasteiger partial charge on any atom is -0.445 e. The molecular formula is C37H54F3N5O7. The third-order valence-corrected chi connectivity index (χ3v) is 13.7. The molecule has 6 heterocycles. The van der Waals surface area contributed by atoms with Crippen molar-refractivity contribution in [2.45, 2.75) is 95.6 Å². The smallest absolute Gasteiger partial charge is 0.410 e. The van der Waals surface area contributed by atoms with Crippen molar-refractivity contribution in [3.63, 3.8) is 0 Å². The molecule has 8 fully saturated rings. The molecule has 12 nitrogen and oxygen atoms in total. The third-order valence-electron chi connectivity index (χ3n) is 13.7. The van der Waals surface area contributed by atoms with Crippen LogP contribution in [0.4, 0.5) is 18.0 Å². The summed E-state index contributed by atoms with van der Waals surface area (Å²) in [7, 11) is 0. The summed E-state index contributed by atoms with van der Waals surface area (Å²) in [6.45, 7) is 9.70. The van der Waals surface area contributed by atoms with Crippen LogP contribution < -0.4 is 10.6 Å². The molecule has 4 amide bonds. The first kappa shape index (κ1) is 37.4. The molecule has 0 aromatic rings. The zero-order chi connectivity index (χ0) is 36.9. The van der Waals surface area contributed by atoms with Gasteiger partial charge < -0.3 is 39.5 Å². The summed E-state index contributed by atoms with van der Waals surface area (Å²) in [6.07, 6.45) is 3.06. The number of hydrogen-bond donors (Lipinski definition) is 2. The van der Waals surface area contributed by atoms with Gasteiger partial charge in [0.25, 0.3) is 0 Å². The molecule has 8 aliphatic rings. The number of ether oxygens (including phenoxy) is 3. The lowest BCUT2D eigenvalue weighted by Crippen LogP contribution is -2.67. The highest BCUT2D eigenvalue weighted by Crippen LogP contribution is 2.60. The molecule has 290 valence electrons. The molecule has 2 bridgehead atoms. The lowest BCUT2D eigenvalue weighted by molar-refractivity contribution is -0.205. The van der Waals surface area contributed by atoms with E-state index in [4.69, 9.17) is 14.2 Å². The van der Waals surface area contributed by atoms with Gasteiger partial charge in [0.1, 0.15) is 18.1 Å². The number of nitrogens with zero attached hydrogens (tertiary/aromatic N) is 3. The maximum atomic E-state index is 14.4. The number of fused-ring (bicyclic) bond motifs is 3. The number of nitrogens with one attached hydrogen (secondary N) is 2. The minimum absolute atomic E-state index is 0.0203. The summed E-state index contributed by atoms with van der Waals surface area (Å²) < 4.78 is 58.8. The lowest BCUT2D eigenvalue weighted by atomic mass is 9.70. The molecule has 0 aromatic heterocycles. The Balaban J connectivity index is 0.997. The van der Waals surface area contributed by atoms with Gasteiger partial charge in [-0.15, -0.1) is 0 Å². The van der Waals surface area contributed by atoms with Crippen molar-refractivity contribution in [1.82, 2.24) is 25.3 Å². The molecule has 0 radical (unpaired) electrons. The summed E-state index contributed by atoms with van der Waals surface area (Å²) >= 11 is 0. The number of amides is 4. The molecule has 2 spiro atoms. The molecule has 0 unspecified atom stereocenters. The van der Waals surface area contributed by atoms with Gasteiger partial charge in [-0.25, -0.2) is 4.79 Å². The molecule has 2 aliphatic carbocycles. The number of halogens is 3. The molecule has 15 heteroatoms. The van der Waals surface area contributed by atoms with E-state index in [0.717, 1.165) is 51.4 Å². The SMILES string of the molecule is C=CCOC(=O)N1CCC2(CC1)CCN(C(=O)[C@@H](NC(=O)[C@@H]1CNCC13CN(C(=O)C1(C(F)(F)F)CC1)C3)[C@@H](C)OCC13CCC(CC1)OC3)CC2. The Labute approximate surface area is 303 Å². The average Bonchev–Trinajstić information content (AvgIpc) is 3.85. The van der Waals surface area contributed by atoms with Gasteiger partial charge in [-0.1, -0.05) is 12.7 Å². The summed E-state index contributed by atoms with van der Waals surface area (Å²) in [4.78, 5) is 58.5. The van der Waals surface area contributed by atoms with Crippen molar-refractivity contribution < 1.29 is 46.6 Å². The second-order valence-corrected chi connectivity index (χ2v) is 17.0. The van der Waals surface area contributed by atoms with E-state index in [1.165, 1.54) is 4.90 Å². The van der Waals surface area contributed by atoms with Crippen LogP contribution >= 0.6 is 0 Å². The molecule has 2 saturated carbocycles. The van der Waals surface area contributed by atoms with Crippen LogP contribution in [-0.4, -0.2) is 135 Å². The predicted molar refractivity (Wildman–Crippen MR) is 182 cm³/mol. The number of carbonyl (C=O) groups is 4. The van der Waals surface area contributed by atoms with Crippen LogP contribution in [0, 0.1) is 27.6 Å². The lowest BCUT2D eigenvalue weighted by Gasteiger charge is -2.51. The van der Waals surface area contributed by atoms with Gasteiger partial charge in [-0.2, -0.15) is 13.2 Å². The number of hydrogen-bond acceptors (Lipinski definition) is 8. The van der Waals surface area contributed by atoms with Crippen LogP contribution in [0.15, 0.2) is 12.7 Å². The minimum atomic E-state index is -4.59. The van der Waals surface area contributed by atoms with Crippen molar-refractivity contribution in [1.29, 1.82) is 0 Å². The number of likely N-dealkylation sites (tertiary alicyclic amines) is 3. The first-order valence-electron chi connectivity index (χ1n) is 19.2. The van der Waals surface area contributed by atoms with E-state index in [1.807, 2.05) is 11.8 Å². The van der Waals surface area contributed by atoms with Gasteiger partial charge in [-0.05, 0) is 76.5 Å². The Kier molecular flexibility index (Phi) is 10.1. The van der Waals surface area contributed by atoms with Crippen LogP contribution in [0.3, 0.4) is 0 Å². The largest absolute Gasteiger partial charge is 0.445 e. The Morgan fingerprint density at radius 2 is 1.60 bits per heavy atom. The van der Waals surface area contributed by atoms with Crippen molar-refractivity contribution in [2.75, 3.05) is 72.2 Å². The topological polar surface area (TPSA) is 130 Å². The Morgan fingerprint density at radius 1 is 0.962 bits per heavy atom. The fourth-order valence-corrected chi connectivity index (χ4v) is 9.73. The maximum Gasteiger partial charge on any atom is 0.410 e. The van der Waals surface area contributed by atoms with Crippen LogP contribution in [0.1, 0.15) is 71.1 Å². The van der Waals surface area contributed by atoms with Gasteiger partial charge in [0.15, 0.2) is 0 Å². The number of alkyl halides is 3. The molecular weight excluding hydrogens is 683 g/mol. The normalized spacial score (nSPS) is 31.1. The maximum absolute atomic E-state index is 14.4. The molecule has 2 N–H and O–H groups in total. The highest BCUT2D eigenvalue weighted by molar-refractivity contribution is 5.91. The summed E-state index contributed by atoms with van der Waals surface area (Å²) in [5.41, 5.74) is -3.07. The van der Waals surface area contributed by atoms with Crippen LogP contribution in [0.5, 0.6) is 0 Å². The predicted octanol–water partition coefficient (Wildman–Crippen LogP) is 3.25. The first-order valence-corrected chi connectivity index (χ1v) is 19.2. The first-order chi connectivity index (χ1) is 24.7. The van der Waals surface area contributed by atoms with E-state index < -0.39 is 41.0 Å². The Hall–Kier alpha value is -2.91. The fraction of sp³-hybridized carbons (Fsp3) is 0.838. The standard InChI is InChI=1S/C37H54F3N5O7/c1-3-18-50-32(49)44-16-12-33(13-17-44)10-14-43(15-11-33)30(47)28(25(2)51-23-34-6-4-26(5-7-34)52-24-34)42-29(46)27-19-41-20-35(27)21-45(22-35)31(48)36(8-9-36)37(38,39)40/h3,25-28,41H,1,4-24H2,2H3,(H,42,46)/t25-,26?,27+,28+,34?/m1/s1. The number of carbonyl (C=O) groups excluding carboxylic acids is 4. The van der Waals surface area contributed by atoms with Crippen molar-refractivity contribution >= 4 is 23.8 Å². The van der Waals surface area contributed by atoms with Crippen molar-refractivity contribution in [3.8, 4) is 0 Å². The quantitative estimate of drug-likeness (QED) is 0.327. The molecule has 6 aliphatic heterocycles. The molecule has 52 heavy (non-hydrogen) atoms. The Morgan fingerprint density at radius 3 is 2.15 bits per heavy atom. The van der Waals surface area contributed by atoms with E-state index >= 15 is 0 Å². The summed E-state index contributed by atoms with van der Waals surface area (Å²) in [5, 5.41) is 6.27. The van der Waals surface area contributed by atoms with Gasteiger partial charge in [0, 0.05) is 63.2 Å². The fourth-order valence-electron chi connectivity index (χ4n) is 9.73. The highest BCUT2D eigenvalue weighted by Gasteiger charge is 2.71. The molecule has 6 saturated heterocycles. The third kappa shape index (κ3) is 6.94. The molecule has 0 aromatic carbocycles.